The number of benzene rings is 1. The number of aliphatic hydroxyl groups excluding tert-OH is 1. The molecule has 1 rings (SSSR count). The van der Waals surface area contributed by atoms with Gasteiger partial charge in [0.05, 0.1) is 6.10 Å². The van der Waals surface area contributed by atoms with Crippen LogP contribution in [0, 0.1) is 5.92 Å². The van der Waals surface area contributed by atoms with Gasteiger partial charge in [-0.2, -0.15) is 0 Å². The smallest absolute Gasteiger partial charge is 0.0540 e. The summed E-state index contributed by atoms with van der Waals surface area (Å²) in [5.74, 6) is 0.321. The number of hydrogen-bond donors (Lipinski definition) is 1. The van der Waals surface area contributed by atoms with E-state index in [2.05, 4.69) is 31.2 Å². The van der Waals surface area contributed by atoms with Crippen LogP contribution in [-0.2, 0) is 0 Å². The lowest BCUT2D eigenvalue weighted by atomic mass is 10.0. The third-order valence-corrected chi connectivity index (χ3v) is 2.67. The van der Waals surface area contributed by atoms with Crippen LogP contribution in [0.3, 0.4) is 0 Å². The van der Waals surface area contributed by atoms with Crippen LogP contribution in [0.5, 0.6) is 0 Å². The van der Waals surface area contributed by atoms with E-state index in [1.807, 2.05) is 37.3 Å². The third kappa shape index (κ3) is 4.94. The van der Waals surface area contributed by atoms with Crippen LogP contribution in [0.1, 0.15) is 25.8 Å². The van der Waals surface area contributed by atoms with E-state index in [1.54, 1.807) is 0 Å². The highest BCUT2D eigenvalue weighted by molar-refractivity contribution is 5.50. The maximum absolute atomic E-state index is 9.30. The summed E-state index contributed by atoms with van der Waals surface area (Å²) in [6.45, 7) is 3.88. The van der Waals surface area contributed by atoms with E-state index in [0.717, 1.165) is 6.42 Å². The molecule has 1 aromatic carbocycles. The van der Waals surface area contributed by atoms with Crippen LogP contribution in [0.25, 0.3) is 6.08 Å². The number of allylic oxidation sites excluding steroid dienone is 3. The number of hydrogen-bond acceptors (Lipinski definition) is 1. The van der Waals surface area contributed by atoms with E-state index in [0.29, 0.717) is 5.92 Å². The van der Waals surface area contributed by atoms with Gasteiger partial charge in [-0.1, -0.05) is 61.6 Å². The molecule has 2 atom stereocenters. The SMILES string of the molecule is C[C@H](O)[C@@H](C)C/C=C/C=C/c1ccccc1. The molecule has 0 bridgehead atoms. The first-order valence-electron chi connectivity index (χ1n) is 5.76. The van der Waals surface area contributed by atoms with Crippen molar-refractivity contribution in [3.05, 3.63) is 54.1 Å². The topological polar surface area (TPSA) is 20.2 Å². The Hall–Kier alpha value is -1.34. The zero-order valence-electron chi connectivity index (χ0n) is 10.0. The molecule has 0 amide bonds. The van der Waals surface area contributed by atoms with Gasteiger partial charge in [0.1, 0.15) is 0 Å². The molecule has 0 fully saturated rings. The van der Waals surface area contributed by atoms with Gasteiger partial charge in [-0.25, -0.2) is 0 Å². The Morgan fingerprint density at radius 2 is 1.81 bits per heavy atom. The van der Waals surface area contributed by atoms with Crippen LogP contribution in [-0.4, -0.2) is 11.2 Å². The van der Waals surface area contributed by atoms with Gasteiger partial charge in [0.2, 0.25) is 0 Å². The molecule has 0 heterocycles. The standard InChI is InChI=1S/C15H20O/c1-13(14(2)16)9-5-3-6-10-15-11-7-4-8-12-15/h3-8,10-14,16H,9H2,1-2H3/b5-3+,10-6+/t13-,14-/m0/s1. The molecule has 0 aliphatic carbocycles. The Morgan fingerprint density at radius 1 is 1.12 bits per heavy atom. The average molecular weight is 216 g/mol. The molecule has 16 heavy (non-hydrogen) atoms. The molecule has 1 heteroatoms. The van der Waals surface area contributed by atoms with Crippen LogP contribution in [0.15, 0.2) is 48.6 Å². The summed E-state index contributed by atoms with van der Waals surface area (Å²) >= 11 is 0. The number of aliphatic hydroxyl groups is 1. The Balaban J connectivity index is 2.35. The second-order valence-electron chi connectivity index (χ2n) is 4.15. The maximum Gasteiger partial charge on any atom is 0.0540 e. The summed E-state index contributed by atoms with van der Waals surface area (Å²) in [6.07, 6.45) is 8.91. The quantitative estimate of drug-likeness (QED) is 0.745. The molecule has 0 saturated heterocycles. The van der Waals surface area contributed by atoms with Crippen molar-refractivity contribution in [2.75, 3.05) is 0 Å². The van der Waals surface area contributed by atoms with Gasteiger partial charge < -0.3 is 5.11 Å². The van der Waals surface area contributed by atoms with Crippen LogP contribution in [0.4, 0.5) is 0 Å². The lowest BCUT2D eigenvalue weighted by Gasteiger charge is -2.10. The molecule has 0 spiro atoms. The first-order chi connectivity index (χ1) is 7.70. The predicted molar refractivity (Wildman–Crippen MR) is 70.1 cm³/mol. The minimum absolute atomic E-state index is 0.234. The Morgan fingerprint density at radius 3 is 2.44 bits per heavy atom. The monoisotopic (exact) mass is 216 g/mol. The zero-order chi connectivity index (χ0) is 11.8. The van der Waals surface area contributed by atoms with E-state index in [-0.39, 0.29) is 6.10 Å². The predicted octanol–water partition coefficient (Wildman–Crippen LogP) is 3.66. The third-order valence-electron chi connectivity index (χ3n) is 2.67. The molecule has 0 unspecified atom stereocenters. The molecule has 0 saturated carbocycles. The van der Waals surface area contributed by atoms with Crippen LogP contribution >= 0.6 is 0 Å². The van der Waals surface area contributed by atoms with E-state index in [4.69, 9.17) is 0 Å². The Bertz CT molecular complexity index is 336. The molecule has 86 valence electrons. The lowest BCUT2D eigenvalue weighted by Crippen LogP contribution is -2.11. The lowest BCUT2D eigenvalue weighted by molar-refractivity contribution is 0.136. The summed E-state index contributed by atoms with van der Waals surface area (Å²) in [7, 11) is 0. The van der Waals surface area contributed by atoms with E-state index >= 15 is 0 Å². The summed E-state index contributed by atoms with van der Waals surface area (Å²) in [6, 6.07) is 10.2. The van der Waals surface area contributed by atoms with Gasteiger partial charge in [-0.05, 0) is 24.8 Å². The van der Waals surface area contributed by atoms with Gasteiger partial charge >= 0.3 is 0 Å². The van der Waals surface area contributed by atoms with Crippen molar-refractivity contribution in [3.63, 3.8) is 0 Å². The largest absolute Gasteiger partial charge is 0.393 e. The minimum Gasteiger partial charge on any atom is -0.393 e. The highest BCUT2D eigenvalue weighted by atomic mass is 16.3. The van der Waals surface area contributed by atoms with Gasteiger partial charge in [0.15, 0.2) is 0 Å². The fourth-order valence-corrected chi connectivity index (χ4v) is 1.30. The van der Waals surface area contributed by atoms with Crippen LogP contribution in [0.2, 0.25) is 0 Å². The van der Waals surface area contributed by atoms with Crippen molar-refractivity contribution in [2.24, 2.45) is 5.92 Å². The normalized spacial score (nSPS) is 15.7. The van der Waals surface area contributed by atoms with E-state index in [9.17, 15) is 5.11 Å². The summed E-state index contributed by atoms with van der Waals surface area (Å²) in [5.41, 5.74) is 1.20. The molecule has 1 nitrogen and oxygen atoms in total. The van der Waals surface area contributed by atoms with Crippen molar-refractivity contribution in [2.45, 2.75) is 26.4 Å². The first kappa shape index (κ1) is 12.7. The van der Waals surface area contributed by atoms with E-state index < -0.39 is 0 Å². The highest BCUT2D eigenvalue weighted by Gasteiger charge is 2.04. The summed E-state index contributed by atoms with van der Waals surface area (Å²) in [5, 5.41) is 9.30. The number of rotatable bonds is 5. The van der Waals surface area contributed by atoms with E-state index in [1.165, 1.54) is 5.56 Å². The first-order valence-corrected chi connectivity index (χ1v) is 5.76. The van der Waals surface area contributed by atoms with Gasteiger partial charge in [0, 0.05) is 0 Å². The molecule has 0 aromatic heterocycles. The minimum atomic E-state index is -0.234. The van der Waals surface area contributed by atoms with Gasteiger partial charge in [-0.3, -0.25) is 0 Å². The highest BCUT2D eigenvalue weighted by Crippen LogP contribution is 2.08. The van der Waals surface area contributed by atoms with Gasteiger partial charge in [-0.15, -0.1) is 0 Å². The molecule has 0 aliphatic rings. The van der Waals surface area contributed by atoms with Crippen LogP contribution < -0.4 is 0 Å². The van der Waals surface area contributed by atoms with Crippen molar-refractivity contribution < 1.29 is 5.11 Å². The van der Waals surface area contributed by atoms with Crippen molar-refractivity contribution in [3.8, 4) is 0 Å². The average Bonchev–Trinajstić information content (AvgIpc) is 2.29. The van der Waals surface area contributed by atoms with Crippen molar-refractivity contribution >= 4 is 6.08 Å². The molecule has 0 aliphatic heterocycles. The van der Waals surface area contributed by atoms with Crippen molar-refractivity contribution in [1.82, 2.24) is 0 Å². The summed E-state index contributed by atoms with van der Waals surface area (Å²) in [4.78, 5) is 0. The van der Waals surface area contributed by atoms with Gasteiger partial charge in [0.25, 0.3) is 0 Å². The second-order valence-corrected chi connectivity index (χ2v) is 4.15. The zero-order valence-corrected chi connectivity index (χ0v) is 10.0. The molecule has 1 aromatic rings. The summed E-state index contributed by atoms with van der Waals surface area (Å²) < 4.78 is 0. The molecule has 0 radical (unpaired) electrons. The maximum atomic E-state index is 9.30. The Kier molecular flexibility index (Phi) is 5.58. The Labute approximate surface area is 98.1 Å². The molecule has 1 N–H and O–H groups in total. The second kappa shape index (κ2) is 7.02. The fraction of sp³-hybridized carbons (Fsp3) is 0.333. The molecular formula is C15H20O. The van der Waals surface area contributed by atoms with Crippen molar-refractivity contribution in [1.29, 1.82) is 0 Å². The fourth-order valence-electron chi connectivity index (χ4n) is 1.30. The molecular weight excluding hydrogens is 196 g/mol.